The fourth-order valence-electron chi connectivity index (χ4n) is 3.47. The van der Waals surface area contributed by atoms with Crippen LogP contribution in [-0.4, -0.2) is 22.8 Å². The number of nitrogens with one attached hydrogen (secondary N) is 1. The molecule has 1 heterocycles. The number of nitro groups is 1. The Bertz CT molecular complexity index is 1440. The van der Waals surface area contributed by atoms with Gasteiger partial charge in [0.15, 0.2) is 0 Å². The molecule has 0 aliphatic carbocycles. The number of hydrogen-bond donors (Lipinski definition) is 1. The molecule has 0 aromatic heterocycles. The highest BCUT2D eigenvalue weighted by Gasteiger charge is 2.37. The Morgan fingerprint density at radius 1 is 1.06 bits per heavy atom. The van der Waals surface area contributed by atoms with Crippen LogP contribution in [0, 0.1) is 17.0 Å². The molecule has 11 heteroatoms. The van der Waals surface area contributed by atoms with Crippen LogP contribution < -0.4 is 15.0 Å². The molecule has 4 rings (SSSR count). The zero-order chi connectivity index (χ0) is 26.0. The van der Waals surface area contributed by atoms with Gasteiger partial charge in [-0.3, -0.25) is 25.0 Å². The van der Waals surface area contributed by atoms with Crippen molar-refractivity contribution in [3.63, 3.8) is 0 Å². The predicted octanol–water partition coefficient (Wildman–Crippen LogP) is 5.67. The smallest absolute Gasteiger partial charge is 0.335 e. The predicted molar refractivity (Wildman–Crippen MR) is 139 cm³/mol. The van der Waals surface area contributed by atoms with Crippen molar-refractivity contribution in [2.24, 2.45) is 0 Å². The lowest BCUT2D eigenvalue weighted by atomic mass is 10.1. The molecule has 0 saturated carbocycles. The lowest BCUT2D eigenvalue weighted by Crippen LogP contribution is -2.54. The van der Waals surface area contributed by atoms with E-state index in [0.29, 0.717) is 25.2 Å². The number of hydrogen-bond acceptors (Lipinski definition) is 6. The molecule has 4 amide bonds. The summed E-state index contributed by atoms with van der Waals surface area (Å²) in [4.78, 5) is 49.6. The highest BCUT2D eigenvalue weighted by molar-refractivity contribution is 9.11. The molecule has 0 unspecified atom stereocenters. The number of aryl methyl sites for hydroxylation is 1. The van der Waals surface area contributed by atoms with E-state index in [1.807, 2.05) is 31.2 Å². The fourth-order valence-corrected chi connectivity index (χ4v) is 4.85. The highest BCUT2D eigenvalue weighted by atomic mass is 79.9. The number of imide groups is 2. The maximum absolute atomic E-state index is 13.3. The molecule has 0 spiro atoms. The Labute approximate surface area is 222 Å². The molecule has 0 atom stereocenters. The molecule has 3 aromatic rings. The van der Waals surface area contributed by atoms with Crippen molar-refractivity contribution in [1.29, 1.82) is 0 Å². The number of halogens is 2. The summed E-state index contributed by atoms with van der Waals surface area (Å²) in [7, 11) is 0. The number of benzene rings is 3. The molecule has 1 N–H and O–H groups in total. The molecule has 0 radical (unpaired) electrons. The quantitative estimate of drug-likeness (QED) is 0.165. The minimum absolute atomic E-state index is 0.0450. The van der Waals surface area contributed by atoms with E-state index >= 15 is 0 Å². The van der Waals surface area contributed by atoms with Crippen LogP contribution in [0.25, 0.3) is 6.08 Å². The van der Waals surface area contributed by atoms with Crippen LogP contribution in [0.15, 0.2) is 75.2 Å². The van der Waals surface area contributed by atoms with Gasteiger partial charge in [0.2, 0.25) is 0 Å². The van der Waals surface area contributed by atoms with Crippen LogP contribution in [-0.2, 0) is 16.2 Å². The van der Waals surface area contributed by atoms with Gasteiger partial charge in [0.25, 0.3) is 17.5 Å². The first-order valence-corrected chi connectivity index (χ1v) is 12.1. The molecule has 3 aromatic carbocycles. The van der Waals surface area contributed by atoms with Crippen LogP contribution in [0.3, 0.4) is 0 Å². The summed E-state index contributed by atoms with van der Waals surface area (Å²) in [5.41, 5.74) is 1.73. The van der Waals surface area contributed by atoms with Crippen LogP contribution in [0.4, 0.5) is 16.2 Å². The second kappa shape index (κ2) is 10.4. The number of barbiturate groups is 1. The van der Waals surface area contributed by atoms with Crippen molar-refractivity contribution in [2.45, 2.75) is 13.5 Å². The SMILES string of the molecule is Cc1ccc(COc2c(Br)cc(Br)cc2/C=C2\C(=O)NC(=O)N(c3cccc([N+](=O)[O-])c3)C2=O)cc1. The van der Waals surface area contributed by atoms with Gasteiger partial charge in [0.05, 0.1) is 15.1 Å². The Morgan fingerprint density at radius 2 is 1.78 bits per heavy atom. The monoisotopic (exact) mass is 613 g/mol. The van der Waals surface area contributed by atoms with E-state index in [1.165, 1.54) is 24.3 Å². The van der Waals surface area contributed by atoms with E-state index < -0.39 is 22.8 Å². The second-order valence-electron chi connectivity index (χ2n) is 7.82. The van der Waals surface area contributed by atoms with Gasteiger partial charge in [-0.1, -0.05) is 51.8 Å². The minimum atomic E-state index is -1.01. The van der Waals surface area contributed by atoms with E-state index in [-0.39, 0.29) is 23.6 Å². The zero-order valence-electron chi connectivity index (χ0n) is 18.7. The summed E-state index contributed by atoms with van der Waals surface area (Å²) >= 11 is 6.86. The highest BCUT2D eigenvalue weighted by Crippen LogP contribution is 2.36. The number of amides is 4. The van der Waals surface area contributed by atoms with Gasteiger partial charge in [-0.15, -0.1) is 0 Å². The average Bonchev–Trinajstić information content (AvgIpc) is 2.82. The largest absolute Gasteiger partial charge is 0.487 e. The molecular formula is C25H17Br2N3O6. The van der Waals surface area contributed by atoms with Gasteiger partial charge in [-0.25, -0.2) is 9.69 Å². The summed E-state index contributed by atoms with van der Waals surface area (Å²) in [5.74, 6) is -1.44. The third-order valence-corrected chi connectivity index (χ3v) is 6.29. The number of ether oxygens (including phenoxy) is 1. The number of nitrogens with zero attached hydrogens (tertiary/aromatic N) is 2. The Morgan fingerprint density at radius 3 is 2.47 bits per heavy atom. The van der Waals surface area contributed by atoms with Crippen molar-refractivity contribution in [2.75, 3.05) is 4.90 Å². The number of non-ortho nitro benzene ring substituents is 1. The van der Waals surface area contributed by atoms with Crippen LogP contribution in [0.5, 0.6) is 5.75 Å². The molecule has 1 saturated heterocycles. The average molecular weight is 615 g/mol. The lowest BCUT2D eigenvalue weighted by Gasteiger charge is -2.26. The number of carbonyl (C=O) groups excluding carboxylic acids is 3. The van der Waals surface area contributed by atoms with E-state index in [1.54, 1.807) is 12.1 Å². The van der Waals surface area contributed by atoms with Crippen LogP contribution >= 0.6 is 31.9 Å². The maximum Gasteiger partial charge on any atom is 0.335 e. The first-order valence-electron chi connectivity index (χ1n) is 10.5. The van der Waals surface area contributed by atoms with E-state index in [4.69, 9.17) is 4.74 Å². The van der Waals surface area contributed by atoms with Crippen LogP contribution in [0.1, 0.15) is 16.7 Å². The Balaban J connectivity index is 1.72. The molecule has 36 heavy (non-hydrogen) atoms. The zero-order valence-corrected chi connectivity index (χ0v) is 21.8. The Hall–Kier alpha value is -3.83. The summed E-state index contributed by atoms with van der Waals surface area (Å²) in [6, 6.07) is 15.2. The van der Waals surface area contributed by atoms with Gasteiger partial charge in [-0.05, 0) is 52.7 Å². The molecular weight excluding hydrogens is 598 g/mol. The van der Waals surface area contributed by atoms with Crippen molar-refractivity contribution < 1.29 is 24.0 Å². The number of urea groups is 1. The first kappa shape index (κ1) is 25.3. The third kappa shape index (κ3) is 5.37. The van der Waals surface area contributed by atoms with Gasteiger partial charge >= 0.3 is 6.03 Å². The molecule has 182 valence electrons. The van der Waals surface area contributed by atoms with Gasteiger partial charge < -0.3 is 4.74 Å². The Kier molecular flexibility index (Phi) is 7.32. The number of nitro benzene ring substituents is 1. The lowest BCUT2D eigenvalue weighted by molar-refractivity contribution is -0.384. The van der Waals surface area contributed by atoms with Crippen molar-refractivity contribution in [3.05, 3.63) is 102 Å². The van der Waals surface area contributed by atoms with Gasteiger partial charge in [-0.2, -0.15) is 0 Å². The standard InChI is InChI=1S/C25H17Br2N3O6/c1-14-5-7-15(8-6-14)13-36-22-16(9-17(26)11-21(22)27)10-20-23(31)28-25(33)29(24(20)32)18-3-2-4-19(12-18)30(34)35/h2-12H,13H2,1H3,(H,28,31,33)/b20-10+. The van der Waals surface area contributed by atoms with E-state index in [0.717, 1.165) is 17.2 Å². The second-order valence-corrected chi connectivity index (χ2v) is 9.59. The normalized spacial score (nSPS) is 14.7. The molecule has 1 aliphatic rings. The van der Waals surface area contributed by atoms with Crippen molar-refractivity contribution >= 4 is 67.2 Å². The number of anilines is 1. The third-order valence-electron chi connectivity index (χ3n) is 5.24. The number of rotatable bonds is 6. The first-order chi connectivity index (χ1) is 17.1. The van der Waals surface area contributed by atoms with Crippen molar-refractivity contribution in [1.82, 2.24) is 5.32 Å². The minimum Gasteiger partial charge on any atom is -0.487 e. The van der Waals surface area contributed by atoms with Crippen molar-refractivity contribution in [3.8, 4) is 5.75 Å². The molecule has 0 bridgehead atoms. The number of carbonyl (C=O) groups is 3. The summed E-state index contributed by atoms with van der Waals surface area (Å²) in [5, 5.41) is 13.3. The molecule has 1 fully saturated rings. The topological polar surface area (TPSA) is 119 Å². The molecule has 9 nitrogen and oxygen atoms in total. The van der Waals surface area contributed by atoms with Gasteiger partial charge in [0.1, 0.15) is 17.9 Å². The fraction of sp³-hybridized carbons (Fsp3) is 0.0800. The van der Waals surface area contributed by atoms with E-state index in [9.17, 15) is 24.5 Å². The van der Waals surface area contributed by atoms with E-state index in [2.05, 4.69) is 37.2 Å². The van der Waals surface area contributed by atoms with Crippen LogP contribution in [0.2, 0.25) is 0 Å². The summed E-state index contributed by atoms with van der Waals surface area (Å²) < 4.78 is 7.25. The molecule has 1 aliphatic heterocycles. The maximum atomic E-state index is 13.3. The summed E-state index contributed by atoms with van der Waals surface area (Å²) in [6.45, 7) is 2.21. The van der Waals surface area contributed by atoms with Gasteiger partial charge in [0, 0.05) is 22.2 Å². The summed E-state index contributed by atoms with van der Waals surface area (Å²) in [6.07, 6.45) is 1.31.